The zero-order chi connectivity index (χ0) is 14.7. The molecule has 0 spiro atoms. The van der Waals surface area contributed by atoms with Gasteiger partial charge in [0.05, 0.1) is 18.1 Å². The minimum absolute atomic E-state index is 0.284. The minimum Gasteiger partial charge on any atom is -0.335 e. The third kappa shape index (κ3) is 3.13. The van der Waals surface area contributed by atoms with Crippen LogP contribution in [0.1, 0.15) is 18.7 Å². The Bertz CT molecular complexity index is 685. The second-order valence-corrected chi connectivity index (χ2v) is 5.21. The summed E-state index contributed by atoms with van der Waals surface area (Å²) >= 11 is 0. The summed E-state index contributed by atoms with van der Waals surface area (Å²) in [6.07, 6.45) is 7.69. The molecule has 3 rings (SSSR count). The summed E-state index contributed by atoms with van der Waals surface area (Å²) in [6.45, 7) is 5.05. The van der Waals surface area contributed by atoms with Crippen LogP contribution in [-0.4, -0.2) is 19.1 Å². The number of hydrogen-bond donors (Lipinski definition) is 1. The Morgan fingerprint density at radius 2 is 2.05 bits per heavy atom. The van der Waals surface area contributed by atoms with Crippen molar-refractivity contribution >= 4 is 11.6 Å². The van der Waals surface area contributed by atoms with Crippen molar-refractivity contribution in [3.63, 3.8) is 0 Å². The van der Waals surface area contributed by atoms with E-state index < -0.39 is 0 Å². The van der Waals surface area contributed by atoms with Gasteiger partial charge in [0.15, 0.2) is 0 Å². The molecule has 5 heteroatoms. The van der Waals surface area contributed by atoms with E-state index in [1.54, 1.807) is 6.20 Å². The number of rotatable bonds is 5. The fourth-order valence-corrected chi connectivity index (χ4v) is 2.38. The third-order valence-electron chi connectivity index (χ3n) is 3.39. The number of imidazole rings is 2. The summed E-state index contributed by atoms with van der Waals surface area (Å²) in [4.78, 5) is 8.67. The number of aromatic nitrogens is 4. The first-order chi connectivity index (χ1) is 10.2. The zero-order valence-corrected chi connectivity index (χ0v) is 12.3. The quantitative estimate of drug-likeness (QED) is 0.779. The molecule has 1 unspecified atom stereocenters. The van der Waals surface area contributed by atoms with Crippen molar-refractivity contribution in [2.45, 2.75) is 26.4 Å². The van der Waals surface area contributed by atoms with E-state index in [9.17, 15) is 0 Å². The van der Waals surface area contributed by atoms with E-state index in [2.05, 4.69) is 37.5 Å². The van der Waals surface area contributed by atoms with E-state index in [1.165, 1.54) is 0 Å². The molecule has 0 aliphatic heterocycles. The molecular weight excluding hydrogens is 262 g/mol. The summed E-state index contributed by atoms with van der Waals surface area (Å²) in [6, 6.07) is 10.4. The molecule has 0 aliphatic carbocycles. The molecule has 3 aromatic rings. The Kier molecular flexibility index (Phi) is 3.73. The smallest absolute Gasteiger partial charge is 0.207 e. The lowest BCUT2D eigenvalue weighted by Gasteiger charge is -2.17. The maximum atomic E-state index is 4.58. The van der Waals surface area contributed by atoms with E-state index in [0.717, 1.165) is 23.9 Å². The van der Waals surface area contributed by atoms with Crippen molar-refractivity contribution in [3.05, 3.63) is 60.9 Å². The van der Waals surface area contributed by atoms with Crippen molar-refractivity contribution in [2.75, 3.05) is 5.32 Å². The molecule has 1 aromatic carbocycles. The first-order valence-electron chi connectivity index (χ1n) is 7.05. The maximum absolute atomic E-state index is 4.58. The minimum atomic E-state index is 0.284. The predicted octanol–water partition coefficient (Wildman–Crippen LogP) is 3.39. The van der Waals surface area contributed by atoms with Gasteiger partial charge in [0.25, 0.3) is 0 Å². The molecule has 1 N–H and O–H groups in total. The normalized spacial score (nSPS) is 12.3. The Labute approximate surface area is 124 Å². The summed E-state index contributed by atoms with van der Waals surface area (Å²) in [5, 5.41) is 3.38. The summed E-state index contributed by atoms with van der Waals surface area (Å²) in [5.41, 5.74) is 2.05. The molecule has 5 nitrogen and oxygen atoms in total. The van der Waals surface area contributed by atoms with Gasteiger partial charge in [-0.1, -0.05) is 18.2 Å². The largest absolute Gasteiger partial charge is 0.335 e. The monoisotopic (exact) mass is 281 g/mol. The number of anilines is 2. The second-order valence-electron chi connectivity index (χ2n) is 5.21. The lowest BCUT2D eigenvalue weighted by atomic mass is 10.3. The van der Waals surface area contributed by atoms with Crippen LogP contribution in [0.25, 0.3) is 0 Å². The van der Waals surface area contributed by atoms with Crippen molar-refractivity contribution < 1.29 is 0 Å². The number of benzene rings is 1. The summed E-state index contributed by atoms with van der Waals surface area (Å²) < 4.78 is 4.24. The number of hydrogen-bond acceptors (Lipinski definition) is 3. The average Bonchev–Trinajstić information content (AvgIpc) is 3.10. The van der Waals surface area contributed by atoms with Crippen LogP contribution in [0.2, 0.25) is 0 Å². The highest BCUT2D eigenvalue weighted by Crippen LogP contribution is 2.21. The molecule has 0 fully saturated rings. The van der Waals surface area contributed by atoms with Crippen LogP contribution in [0.5, 0.6) is 0 Å². The van der Waals surface area contributed by atoms with Gasteiger partial charge < -0.3 is 14.5 Å². The highest BCUT2D eigenvalue weighted by Gasteiger charge is 2.12. The molecule has 21 heavy (non-hydrogen) atoms. The molecule has 0 aliphatic rings. The van der Waals surface area contributed by atoms with Crippen molar-refractivity contribution in [1.29, 1.82) is 0 Å². The number of aryl methyl sites for hydroxylation is 1. The third-order valence-corrected chi connectivity index (χ3v) is 3.39. The molecule has 0 saturated carbocycles. The molecule has 2 heterocycles. The van der Waals surface area contributed by atoms with Gasteiger partial charge in [-0.2, -0.15) is 0 Å². The lowest BCUT2D eigenvalue weighted by Crippen LogP contribution is -2.13. The molecular formula is C16H19N5. The molecule has 0 radical (unpaired) electrons. The van der Waals surface area contributed by atoms with Gasteiger partial charge in [0, 0.05) is 30.8 Å². The van der Waals surface area contributed by atoms with Crippen molar-refractivity contribution in [2.24, 2.45) is 0 Å². The van der Waals surface area contributed by atoms with Crippen LogP contribution in [0.3, 0.4) is 0 Å². The van der Waals surface area contributed by atoms with Gasteiger partial charge in [-0.25, -0.2) is 9.97 Å². The summed E-state index contributed by atoms with van der Waals surface area (Å²) in [7, 11) is 0. The van der Waals surface area contributed by atoms with Crippen LogP contribution in [0, 0.1) is 6.92 Å². The van der Waals surface area contributed by atoms with Crippen LogP contribution in [-0.2, 0) is 6.54 Å². The van der Waals surface area contributed by atoms with Gasteiger partial charge in [-0.15, -0.1) is 0 Å². The van der Waals surface area contributed by atoms with Crippen LogP contribution in [0.4, 0.5) is 11.6 Å². The highest BCUT2D eigenvalue weighted by molar-refractivity contribution is 5.53. The number of nitrogens with one attached hydrogen (secondary N) is 1. The fourth-order valence-electron chi connectivity index (χ4n) is 2.38. The maximum Gasteiger partial charge on any atom is 0.207 e. The molecule has 1 atom stereocenters. The Balaban J connectivity index is 1.82. The molecule has 2 aromatic heterocycles. The van der Waals surface area contributed by atoms with Crippen molar-refractivity contribution in [1.82, 2.24) is 19.1 Å². The predicted molar refractivity (Wildman–Crippen MR) is 83.6 cm³/mol. The Morgan fingerprint density at radius 3 is 2.76 bits per heavy atom. The molecule has 0 bridgehead atoms. The molecule has 0 saturated heterocycles. The van der Waals surface area contributed by atoms with Gasteiger partial charge in [0.1, 0.15) is 0 Å². The van der Waals surface area contributed by atoms with E-state index >= 15 is 0 Å². The topological polar surface area (TPSA) is 47.7 Å². The van der Waals surface area contributed by atoms with Gasteiger partial charge in [0.2, 0.25) is 5.95 Å². The van der Waals surface area contributed by atoms with Crippen LogP contribution in [0.15, 0.2) is 55.2 Å². The SMILES string of the molecule is Cc1cn(C(C)Cn2ccnc2)c(Nc2ccccc2)n1. The van der Waals surface area contributed by atoms with Crippen molar-refractivity contribution in [3.8, 4) is 0 Å². The Morgan fingerprint density at radius 1 is 1.24 bits per heavy atom. The summed E-state index contributed by atoms with van der Waals surface area (Å²) in [5.74, 6) is 0.867. The highest BCUT2D eigenvalue weighted by atomic mass is 15.2. The first kappa shape index (κ1) is 13.4. The van der Waals surface area contributed by atoms with E-state index in [0.29, 0.717) is 0 Å². The zero-order valence-electron chi connectivity index (χ0n) is 12.3. The first-order valence-corrected chi connectivity index (χ1v) is 7.05. The number of para-hydroxylation sites is 1. The van der Waals surface area contributed by atoms with E-state index in [4.69, 9.17) is 0 Å². The van der Waals surface area contributed by atoms with Gasteiger partial charge >= 0.3 is 0 Å². The second kappa shape index (κ2) is 5.83. The van der Waals surface area contributed by atoms with Crippen LogP contribution >= 0.6 is 0 Å². The van der Waals surface area contributed by atoms with Gasteiger partial charge in [-0.3, -0.25) is 0 Å². The Hall–Kier alpha value is -2.56. The average molecular weight is 281 g/mol. The van der Waals surface area contributed by atoms with E-state index in [1.807, 2.05) is 49.8 Å². The standard InChI is InChI=1S/C16H19N5/c1-13-10-21(14(2)11-20-9-8-17-12-20)16(18-13)19-15-6-4-3-5-7-15/h3-10,12,14H,11H2,1-2H3,(H,18,19). The number of nitrogens with zero attached hydrogens (tertiary/aromatic N) is 4. The lowest BCUT2D eigenvalue weighted by molar-refractivity contribution is 0.468. The fraction of sp³-hybridized carbons (Fsp3) is 0.250. The van der Waals surface area contributed by atoms with Crippen LogP contribution < -0.4 is 5.32 Å². The van der Waals surface area contributed by atoms with Gasteiger partial charge in [-0.05, 0) is 26.0 Å². The van der Waals surface area contributed by atoms with E-state index in [-0.39, 0.29) is 6.04 Å². The molecule has 108 valence electrons. The molecule has 0 amide bonds.